The van der Waals surface area contributed by atoms with E-state index in [2.05, 4.69) is 6.92 Å². The Hall–Kier alpha value is 0.880. The van der Waals surface area contributed by atoms with Gasteiger partial charge in [-0.25, -0.2) is 0 Å². The Labute approximate surface area is 141 Å². The van der Waals surface area contributed by atoms with Crippen LogP contribution >= 0.6 is 0 Å². The van der Waals surface area contributed by atoms with Gasteiger partial charge in [-0.3, -0.25) is 0 Å². The molecule has 0 bridgehead atoms. The summed E-state index contributed by atoms with van der Waals surface area (Å²) in [5.74, 6) is 0. The first-order valence-electron chi connectivity index (χ1n) is 7.68. The van der Waals surface area contributed by atoms with E-state index in [0.29, 0.717) is 6.61 Å². The molecule has 1 unspecified atom stereocenters. The van der Waals surface area contributed by atoms with E-state index in [1.807, 2.05) is 0 Å². The van der Waals surface area contributed by atoms with E-state index in [-0.39, 0.29) is 42.8 Å². The van der Waals surface area contributed by atoms with E-state index in [4.69, 9.17) is 14.9 Å². The molecule has 0 aliphatic rings. The van der Waals surface area contributed by atoms with Gasteiger partial charge < -0.3 is 14.9 Å². The summed E-state index contributed by atoms with van der Waals surface area (Å²) in [6.07, 6.45) is 12.5. The number of ether oxygens (including phenoxy) is 1. The van der Waals surface area contributed by atoms with Crippen LogP contribution in [0.2, 0.25) is 0 Å². The molecule has 4 heteroatoms. The van der Waals surface area contributed by atoms with Crippen LogP contribution in [0.4, 0.5) is 0 Å². The van der Waals surface area contributed by atoms with Crippen LogP contribution < -0.4 is 0 Å². The van der Waals surface area contributed by atoms with Gasteiger partial charge in [-0.2, -0.15) is 0 Å². The fraction of sp³-hybridized carbons (Fsp3) is 1.00. The SMILES string of the molecule is CCCCCCCCCCCCOCC(O)CO.[NaH]. The van der Waals surface area contributed by atoms with Crippen molar-refractivity contribution in [2.75, 3.05) is 19.8 Å². The zero-order chi connectivity index (χ0) is 13.5. The molecular weight excluding hydrogens is 251 g/mol. The molecule has 0 fully saturated rings. The Morgan fingerprint density at radius 2 is 1.32 bits per heavy atom. The molecule has 0 rings (SSSR count). The summed E-state index contributed by atoms with van der Waals surface area (Å²) in [7, 11) is 0. The molecule has 0 aromatic carbocycles. The van der Waals surface area contributed by atoms with Crippen molar-refractivity contribution in [3.63, 3.8) is 0 Å². The van der Waals surface area contributed by atoms with Gasteiger partial charge in [0.05, 0.1) is 13.2 Å². The second-order valence-corrected chi connectivity index (χ2v) is 5.09. The van der Waals surface area contributed by atoms with Gasteiger partial charge in [0.1, 0.15) is 6.10 Å². The van der Waals surface area contributed by atoms with Crippen LogP contribution in [0.3, 0.4) is 0 Å². The average molecular weight is 284 g/mol. The number of rotatable bonds is 14. The van der Waals surface area contributed by atoms with E-state index in [1.54, 1.807) is 0 Å². The Balaban J connectivity index is 0. The van der Waals surface area contributed by atoms with E-state index >= 15 is 0 Å². The Kier molecular flexibility index (Phi) is 22.0. The van der Waals surface area contributed by atoms with Gasteiger partial charge in [0.2, 0.25) is 0 Å². The topological polar surface area (TPSA) is 49.7 Å². The molecule has 0 saturated heterocycles. The monoisotopic (exact) mass is 284 g/mol. The number of hydrogen-bond acceptors (Lipinski definition) is 3. The van der Waals surface area contributed by atoms with Crippen LogP contribution in [0, 0.1) is 0 Å². The molecule has 0 aromatic heterocycles. The molecule has 0 aromatic rings. The molecular formula is C15H33NaO3. The summed E-state index contributed by atoms with van der Waals surface area (Å²) in [6, 6.07) is 0. The zero-order valence-corrected chi connectivity index (χ0v) is 12.1. The van der Waals surface area contributed by atoms with Crippen LogP contribution in [-0.4, -0.2) is 65.7 Å². The van der Waals surface area contributed by atoms with Gasteiger partial charge in [-0.15, -0.1) is 0 Å². The van der Waals surface area contributed by atoms with Crippen LogP contribution in [0.1, 0.15) is 71.1 Å². The fourth-order valence-electron chi connectivity index (χ4n) is 1.96. The third kappa shape index (κ3) is 18.9. The molecule has 0 radical (unpaired) electrons. The van der Waals surface area contributed by atoms with Gasteiger partial charge >= 0.3 is 29.6 Å². The van der Waals surface area contributed by atoms with Crippen molar-refractivity contribution in [2.24, 2.45) is 0 Å². The predicted octanol–water partition coefficient (Wildman–Crippen LogP) is 2.63. The molecule has 3 nitrogen and oxygen atoms in total. The van der Waals surface area contributed by atoms with Crippen molar-refractivity contribution in [2.45, 2.75) is 77.2 Å². The molecule has 0 heterocycles. The first-order valence-corrected chi connectivity index (χ1v) is 7.68. The maximum atomic E-state index is 9.04. The summed E-state index contributed by atoms with van der Waals surface area (Å²) >= 11 is 0. The molecule has 1 atom stereocenters. The Bertz CT molecular complexity index is 156. The van der Waals surface area contributed by atoms with Gasteiger partial charge in [0.15, 0.2) is 0 Å². The number of hydrogen-bond donors (Lipinski definition) is 2. The van der Waals surface area contributed by atoms with Crippen LogP contribution in [0.25, 0.3) is 0 Å². The van der Waals surface area contributed by atoms with Crippen LogP contribution in [-0.2, 0) is 4.74 Å². The van der Waals surface area contributed by atoms with E-state index in [0.717, 1.165) is 6.42 Å². The van der Waals surface area contributed by atoms with Crippen LogP contribution in [0.5, 0.6) is 0 Å². The maximum absolute atomic E-state index is 9.04. The third-order valence-corrected chi connectivity index (χ3v) is 3.16. The number of aliphatic hydroxyl groups is 2. The van der Waals surface area contributed by atoms with Crippen molar-refractivity contribution >= 4 is 29.6 Å². The third-order valence-electron chi connectivity index (χ3n) is 3.16. The van der Waals surface area contributed by atoms with Gasteiger partial charge in [0, 0.05) is 6.61 Å². The van der Waals surface area contributed by atoms with Crippen LogP contribution in [0.15, 0.2) is 0 Å². The van der Waals surface area contributed by atoms with E-state index in [1.165, 1.54) is 57.8 Å². The number of unbranched alkanes of at least 4 members (excludes halogenated alkanes) is 9. The zero-order valence-electron chi connectivity index (χ0n) is 12.1. The van der Waals surface area contributed by atoms with Gasteiger partial charge in [0.25, 0.3) is 0 Å². The first kappa shape index (κ1) is 22.2. The quantitative estimate of drug-likeness (QED) is 0.381. The summed E-state index contributed by atoms with van der Waals surface area (Å²) in [6.45, 7) is 3.00. The molecule has 19 heavy (non-hydrogen) atoms. The molecule has 112 valence electrons. The van der Waals surface area contributed by atoms with Crippen molar-refractivity contribution in [3.05, 3.63) is 0 Å². The van der Waals surface area contributed by atoms with Crippen molar-refractivity contribution in [3.8, 4) is 0 Å². The minimum absolute atomic E-state index is 0. The van der Waals surface area contributed by atoms with Gasteiger partial charge in [-0.1, -0.05) is 64.7 Å². The summed E-state index contributed by atoms with van der Waals surface area (Å²) in [5.41, 5.74) is 0. The average Bonchev–Trinajstić information content (AvgIpc) is 2.39. The molecule has 0 aliphatic carbocycles. The Morgan fingerprint density at radius 3 is 1.79 bits per heavy atom. The van der Waals surface area contributed by atoms with Crippen molar-refractivity contribution in [1.29, 1.82) is 0 Å². The van der Waals surface area contributed by atoms with Crippen molar-refractivity contribution < 1.29 is 14.9 Å². The van der Waals surface area contributed by atoms with E-state index in [9.17, 15) is 0 Å². The second kappa shape index (κ2) is 18.9. The minimum atomic E-state index is -0.715. The van der Waals surface area contributed by atoms with Gasteiger partial charge in [-0.05, 0) is 6.42 Å². The second-order valence-electron chi connectivity index (χ2n) is 5.09. The summed E-state index contributed by atoms with van der Waals surface area (Å²) in [4.78, 5) is 0. The summed E-state index contributed by atoms with van der Waals surface area (Å²) in [5, 5.41) is 17.6. The van der Waals surface area contributed by atoms with Crippen molar-refractivity contribution in [1.82, 2.24) is 0 Å². The standard InChI is InChI=1S/C15H32O3.Na.H/c1-2-3-4-5-6-7-8-9-10-11-12-18-14-15(17)13-16;;/h15-17H,2-14H2,1H3;;. The number of aliphatic hydroxyl groups excluding tert-OH is 2. The Morgan fingerprint density at radius 1 is 0.842 bits per heavy atom. The molecule has 0 saturated carbocycles. The van der Waals surface area contributed by atoms with E-state index < -0.39 is 6.10 Å². The molecule has 0 spiro atoms. The molecule has 2 N–H and O–H groups in total. The molecule has 0 aliphatic heterocycles. The first-order chi connectivity index (χ1) is 8.81. The molecule has 0 amide bonds. The summed E-state index contributed by atoms with van der Waals surface area (Å²) < 4.78 is 5.25. The predicted molar refractivity (Wildman–Crippen MR) is 82.9 cm³/mol. The normalized spacial score (nSPS) is 12.2. The fourth-order valence-corrected chi connectivity index (χ4v) is 1.96.